The fraction of sp³-hybridized carbons (Fsp3) is 0.389. The molecule has 148 valence electrons. The fourth-order valence-corrected chi connectivity index (χ4v) is 2.66. The molecule has 0 saturated carbocycles. The summed E-state index contributed by atoms with van der Waals surface area (Å²) >= 11 is 0. The van der Waals surface area contributed by atoms with E-state index in [1.54, 1.807) is 37.8 Å². The van der Waals surface area contributed by atoms with E-state index in [1.165, 1.54) is 11.0 Å². The molecule has 2 aromatic heterocycles. The van der Waals surface area contributed by atoms with E-state index in [9.17, 15) is 4.79 Å². The molecule has 0 radical (unpaired) electrons. The van der Waals surface area contributed by atoms with Crippen LogP contribution in [-0.4, -0.2) is 48.9 Å². The number of nitrogens with one attached hydrogen (secondary N) is 2. The monoisotopic (exact) mass is 384 g/mol. The smallest absolute Gasteiger partial charge is 0.319 e. The Labute approximate surface area is 162 Å². The molecule has 0 spiro atoms. The lowest BCUT2D eigenvalue weighted by Crippen LogP contribution is -2.47. The van der Waals surface area contributed by atoms with Gasteiger partial charge >= 0.3 is 6.03 Å². The summed E-state index contributed by atoms with van der Waals surface area (Å²) < 4.78 is 8.85. The molecule has 2 amide bonds. The van der Waals surface area contributed by atoms with Gasteiger partial charge in [0.1, 0.15) is 12.1 Å². The van der Waals surface area contributed by atoms with Crippen molar-refractivity contribution in [3.05, 3.63) is 43.2 Å². The van der Waals surface area contributed by atoms with E-state index in [1.807, 2.05) is 10.8 Å². The van der Waals surface area contributed by atoms with Crippen molar-refractivity contribution < 1.29 is 9.53 Å². The topological polar surface area (TPSA) is 112 Å². The van der Waals surface area contributed by atoms with Gasteiger partial charge in [-0.15, -0.1) is 5.10 Å². The molecule has 10 nitrogen and oxygen atoms in total. The predicted octanol–water partition coefficient (Wildman–Crippen LogP) is 2.10. The van der Waals surface area contributed by atoms with Crippen LogP contribution < -0.4 is 15.4 Å². The third-order valence-corrected chi connectivity index (χ3v) is 4.35. The zero-order chi connectivity index (χ0) is 20.1. The van der Waals surface area contributed by atoms with E-state index in [0.717, 1.165) is 5.69 Å². The summed E-state index contributed by atoms with van der Waals surface area (Å²) in [5.74, 6) is 0.505. The number of nitrogens with zero attached hydrogens (tertiary/aromatic N) is 6. The zero-order valence-electron chi connectivity index (χ0n) is 16.3. The minimum atomic E-state index is -0.312. The first kappa shape index (κ1) is 19.3. The number of methoxy groups -OCH3 is 1. The molecule has 2 heterocycles. The molecule has 0 aliphatic carbocycles. The minimum absolute atomic E-state index is 0.104. The molecule has 0 bridgehead atoms. The van der Waals surface area contributed by atoms with E-state index < -0.39 is 0 Å². The summed E-state index contributed by atoms with van der Waals surface area (Å²) in [4.78, 5) is 16.7. The maximum Gasteiger partial charge on any atom is 0.319 e. The van der Waals surface area contributed by atoms with Crippen molar-refractivity contribution >= 4 is 11.7 Å². The molecule has 1 atom stereocenters. The number of carbonyl (C=O) groups excluding carboxylic acids is 1. The molecule has 0 saturated heterocycles. The molecule has 10 heteroatoms. The molecule has 0 unspecified atom stereocenters. The number of aromatic nitrogens is 6. The van der Waals surface area contributed by atoms with Crippen LogP contribution in [0.15, 0.2) is 43.2 Å². The first-order valence-corrected chi connectivity index (χ1v) is 8.81. The fourth-order valence-electron chi connectivity index (χ4n) is 2.66. The Balaban J connectivity index is 1.72. The molecule has 3 aromatic rings. The first-order valence-electron chi connectivity index (χ1n) is 8.81. The van der Waals surface area contributed by atoms with Crippen molar-refractivity contribution in [1.82, 2.24) is 35.1 Å². The Kier molecular flexibility index (Phi) is 5.57. The van der Waals surface area contributed by atoms with Gasteiger partial charge in [-0.25, -0.2) is 14.5 Å². The van der Waals surface area contributed by atoms with Gasteiger partial charge in [0.05, 0.1) is 30.9 Å². The van der Waals surface area contributed by atoms with Gasteiger partial charge in [-0.3, -0.25) is 0 Å². The molecule has 2 N–H and O–H groups in total. The number of hydrogen-bond donors (Lipinski definition) is 2. The van der Waals surface area contributed by atoms with Gasteiger partial charge < -0.3 is 19.9 Å². The van der Waals surface area contributed by atoms with Crippen LogP contribution in [0.1, 0.15) is 20.8 Å². The highest BCUT2D eigenvalue weighted by Gasteiger charge is 2.27. The van der Waals surface area contributed by atoms with Gasteiger partial charge in [0, 0.05) is 25.0 Å². The van der Waals surface area contributed by atoms with E-state index in [4.69, 9.17) is 4.74 Å². The minimum Gasteiger partial charge on any atom is -0.494 e. The molecule has 3 rings (SSSR count). The number of tetrazole rings is 1. The van der Waals surface area contributed by atoms with Crippen LogP contribution >= 0.6 is 0 Å². The average molecular weight is 384 g/mol. The Morgan fingerprint density at radius 1 is 1.29 bits per heavy atom. The summed E-state index contributed by atoms with van der Waals surface area (Å²) in [5.41, 5.74) is 1.13. The lowest BCUT2D eigenvalue weighted by atomic mass is 9.86. The number of imidazole rings is 1. The second-order valence-electron chi connectivity index (χ2n) is 7.42. The van der Waals surface area contributed by atoms with Crippen molar-refractivity contribution in [2.75, 3.05) is 12.4 Å². The number of urea groups is 1. The van der Waals surface area contributed by atoms with Crippen molar-refractivity contribution in [2.45, 2.75) is 33.4 Å². The van der Waals surface area contributed by atoms with Crippen molar-refractivity contribution in [2.24, 2.45) is 5.41 Å². The van der Waals surface area contributed by atoms with Crippen LogP contribution in [0.25, 0.3) is 5.69 Å². The van der Waals surface area contributed by atoms with Crippen molar-refractivity contribution in [1.29, 1.82) is 0 Å². The summed E-state index contributed by atoms with van der Waals surface area (Å²) in [5, 5.41) is 17.0. The third-order valence-electron chi connectivity index (χ3n) is 4.35. The van der Waals surface area contributed by atoms with E-state index >= 15 is 0 Å². The van der Waals surface area contributed by atoms with E-state index in [-0.39, 0.29) is 17.5 Å². The second-order valence-corrected chi connectivity index (χ2v) is 7.42. The number of hydrogen-bond acceptors (Lipinski definition) is 6. The number of anilines is 1. The molecule has 28 heavy (non-hydrogen) atoms. The largest absolute Gasteiger partial charge is 0.494 e. The van der Waals surface area contributed by atoms with Crippen LogP contribution in [-0.2, 0) is 6.54 Å². The maximum absolute atomic E-state index is 12.6. The number of amides is 2. The Morgan fingerprint density at radius 3 is 2.71 bits per heavy atom. The van der Waals surface area contributed by atoms with Gasteiger partial charge in [-0.05, 0) is 28.0 Å². The Bertz CT molecular complexity index is 900. The van der Waals surface area contributed by atoms with Crippen LogP contribution in [0.2, 0.25) is 0 Å². The van der Waals surface area contributed by atoms with Gasteiger partial charge in [0.2, 0.25) is 0 Å². The number of ether oxygens (including phenoxy) is 1. The van der Waals surface area contributed by atoms with Gasteiger partial charge in [0.25, 0.3) is 0 Å². The molecular weight excluding hydrogens is 360 g/mol. The summed E-state index contributed by atoms with van der Waals surface area (Å²) in [6.45, 7) is 6.86. The number of carbonyl (C=O) groups is 1. The molecule has 0 aliphatic rings. The van der Waals surface area contributed by atoms with Crippen LogP contribution in [0, 0.1) is 5.41 Å². The standard InChI is InChI=1S/C18H24N8O2/c1-18(2,3)16(10-25-8-7-19-11-25)22-17(27)21-14-6-5-13(9-15(14)28-4)26-12-20-23-24-26/h5-9,11-12,16H,10H2,1-4H3,(H2,21,22,27)/t16-/m0/s1. The summed E-state index contributed by atoms with van der Waals surface area (Å²) in [7, 11) is 1.54. The second kappa shape index (κ2) is 8.07. The number of rotatable bonds is 6. The number of benzene rings is 1. The zero-order valence-corrected chi connectivity index (χ0v) is 16.3. The quantitative estimate of drug-likeness (QED) is 0.673. The third kappa shape index (κ3) is 4.64. The van der Waals surface area contributed by atoms with E-state index in [2.05, 4.69) is 51.9 Å². The van der Waals surface area contributed by atoms with Gasteiger partial charge in [-0.2, -0.15) is 0 Å². The average Bonchev–Trinajstić information content (AvgIpc) is 3.34. The lowest BCUT2D eigenvalue weighted by Gasteiger charge is -2.31. The normalized spacial score (nSPS) is 12.4. The van der Waals surface area contributed by atoms with E-state index in [0.29, 0.717) is 18.0 Å². The molecule has 0 fully saturated rings. The van der Waals surface area contributed by atoms with Gasteiger partial charge in [0.15, 0.2) is 0 Å². The summed E-state index contributed by atoms with van der Waals surface area (Å²) in [6, 6.07) is 4.87. The van der Waals surface area contributed by atoms with Crippen LogP contribution in [0.5, 0.6) is 5.75 Å². The molecule has 1 aromatic carbocycles. The predicted molar refractivity (Wildman–Crippen MR) is 103 cm³/mol. The lowest BCUT2D eigenvalue weighted by molar-refractivity contribution is 0.218. The van der Waals surface area contributed by atoms with Crippen LogP contribution in [0.3, 0.4) is 0 Å². The Morgan fingerprint density at radius 2 is 2.11 bits per heavy atom. The molecular formula is C18H24N8O2. The highest BCUT2D eigenvalue weighted by molar-refractivity contribution is 5.91. The first-order chi connectivity index (χ1) is 13.4. The van der Waals surface area contributed by atoms with Crippen LogP contribution in [0.4, 0.5) is 10.5 Å². The van der Waals surface area contributed by atoms with Crippen molar-refractivity contribution in [3.63, 3.8) is 0 Å². The summed E-state index contributed by atoms with van der Waals surface area (Å²) in [6.07, 6.45) is 6.81. The molecule has 0 aliphatic heterocycles. The highest BCUT2D eigenvalue weighted by Crippen LogP contribution is 2.27. The Hall–Kier alpha value is -3.43. The van der Waals surface area contributed by atoms with Gasteiger partial charge in [-0.1, -0.05) is 20.8 Å². The highest BCUT2D eigenvalue weighted by atomic mass is 16.5. The SMILES string of the molecule is COc1cc(-n2cnnn2)ccc1NC(=O)N[C@@H](Cn1ccnc1)C(C)(C)C. The maximum atomic E-state index is 12.6. The van der Waals surface area contributed by atoms with Crippen molar-refractivity contribution in [3.8, 4) is 11.4 Å².